The fourth-order valence-corrected chi connectivity index (χ4v) is 1.41. The fraction of sp³-hybridized carbons (Fsp3) is 0.455. The Bertz CT molecular complexity index is 379. The Balaban J connectivity index is 2.88. The van der Waals surface area contributed by atoms with Crippen LogP contribution in [0.4, 0.5) is 11.4 Å². The molecule has 5 nitrogen and oxygen atoms in total. The van der Waals surface area contributed by atoms with Crippen molar-refractivity contribution in [1.82, 2.24) is 0 Å². The van der Waals surface area contributed by atoms with Crippen LogP contribution in [0.1, 0.15) is 18.9 Å². The van der Waals surface area contributed by atoms with E-state index in [1.54, 1.807) is 6.07 Å². The van der Waals surface area contributed by atoms with E-state index in [1.165, 1.54) is 6.07 Å². The van der Waals surface area contributed by atoms with Crippen molar-refractivity contribution in [2.45, 2.75) is 26.3 Å². The summed E-state index contributed by atoms with van der Waals surface area (Å²) in [4.78, 5) is 10.4. The minimum absolute atomic E-state index is 0.0132. The summed E-state index contributed by atoms with van der Waals surface area (Å²) in [6, 6.07) is 5.03. The summed E-state index contributed by atoms with van der Waals surface area (Å²) in [5.41, 5.74) is 7.29. The van der Waals surface area contributed by atoms with Crippen molar-refractivity contribution in [3.8, 4) is 0 Å². The van der Waals surface area contributed by atoms with Gasteiger partial charge in [-0.1, -0.05) is 19.1 Å². The highest BCUT2D eigenvalue weighted by Crippen LogP contribution is 2.27. The highest BCUT2D eigenvalue weighted by Gasteiger charge is 2.15. The molecule has 0 aliphatic rings. The standard InChI is InChI=1S/C11H17N3O2/c1-3-9(12)7-13-11-8(2)5-4-6-10(11)14(15)16/h4-6,9,13H,3,7,12H2,1-2H3. The van der Waals surface area contributed by atoms with Crippen molar-refractivity contribution in [2.75, 3.05) is 11.9 Å². The second kappa shape index (κ2) is 5.46. The number of nitrogens with zero attached hydrogens (tertiary/aromatic N) is 1. The zero-order valence-corrected chi connectivity index (χ0v) is 9.56. The van der Waals surface area contributed by atoms with Gasteiger partial charge in [-0.25, -0.2) is 0 Å². The molecule has 0 saturated heterocycles. The number of rotatable bonds is 5. The van der Waals surface area contributed by atoms with Crippen molar-refractivity contribution in [1.29, 1.82) is 0 Å². The zero-order chi connectivity index (χ0) is 12.1. The van der Waals surface area contributed by atoms with Gasteiger partial charge in [0.05, 0.1) is 4.92 Å². The quantitative estimate of drug-likeness (QED) is 0.591. The topological polar surface area (TPSA) is 81.2 Å². The zero-order valence-electron chi connectivity index (χ0n) is 9.56. The fourth-order valence-electron chi connectivity index (χ4n) is 1.41. The second-order valence-corrected chi connectivity index (χ2v) is 3.78. The number of anilines is 1. The van der Waals surface area contributed by atoms with E-state index >= 15 is 0 Å². The first-order chi connectivity index (χ1) is 7.56. The number of para-hydroxylation sites is 1. The van der Waals surface area contributed by atoms with Crippen molar-refractivity contribution in [3.05, 3.63) is 33.9 Å². The predicted octanol–water partition coefficient (Wildman–Crippen LogP) is 2.05. The molecule has 0 aromatic heterocycles. The van der Waals surface area contributed by atoms with Gasteiger partial charge in [-0.15, -0.1) is 0 Å². The molecule has 0 fully saturated rings. The summed E-state index contributed by atoms with van der Waals surface area (Å²) in [5.74, 6) is 0. The van der Waals surface area contributed by atoms with Gasteiger partial charge in [0.2, 0.25) is 0 Å². The molecule has 0 heterocycles. The van der Waals surface area contributed by atoms with Gasteiger partial charge in [-0.3, -0.25) is 10.1 Å². The van der Waals surface area contributed by atoms with Crippen LogP contribution < -0.4 is 11.1 Å². The number of hydrogen-bond donors (Lipinski definition) is 2. The number of aryl methyl sites for hydroxylation is 1. The summed E-state index contributed by atoms with van der Waals surface area (Å²) >= 11 is 0. The first kappa shape index (κ1) is 12.4. The van der Waals surface area contributed by atoms with Crippen molar-refractivity contribution >= 4 is 11.4 Å². The molecule has 1 aromatic rings. The molecular formula is C11H17N3O2. The molecule has 0 aliphatic carbocycles. The van der Waals surface area contributed by atoms with Crippen LogP contribution in [0, 0.1) is 17.0 Å². The van der Waals surface area contributed by atoms with E-state index in [-0.39, 0.29) is 16.7 Å². The largest absolute Gasteiger partial charge is 0.378 e. The van der Waals surface area contributed by atoms with E-state index in [0.29, 0.717) is 12.2 Å². The Morgan fingerprint density at radius 1 is 1.56 bits per heavy atom. The highest BCUT2D eigenvalue weighted by atomic mass is 16.6. The monoisotopic (exact) mass is 223 g/mol. The minimum atomic E-state index is -0.382. The predicted molar refractivity (Wildman–Crippen MR) is 64.6 cm³/mol. The van der Waals surface area contributed by atoms with Crippen LogP contribution in [0.25, 0.3) is 0 Å². The lowest BCUT2D eigenvalue weighted by molar-refractivity contribution is -0.384. The average Bonchev–Trinajstić information content (AvgIpc) is 2.26. The Hall–Kier alpha value is -1.62. The highest BCUT2D eigenvalue weighted by molar-refractivity contribution is 5.65. The number of nitrogens with two attached hydrogens (primary N) is 1. The maximum atomic E-state index is 10.8. The van der Waals surface area contributed by atoms with Gasteiger partial charge in [0.1, 0.15) is 5.69 Å². The van der Waals surface area contributed by atoms with E-state index in [1.807, 2.05) is 19.9 Å². The summed E-state index contributed by atoms with van der Waals surface area (Å²) < 4.78 is 0. The van der Waals surface area contributed by atoms with Crippen LogP contribution in [0.5, 0.6) is 0 Å². The molecule has 0 bridgehead atoms. The lowest BCUT2D eigenvalue weighted by atomic mass is 10.1. The van der Waals surface area contributed by atoms with E-state index in [9.17, 15) is 10.1 Å². The van der Waals surface area contributed by atoms with Gasteiger partial charge in [0, 0.05) is 18.7 Å². The van der Waals surface area contributed by atoms with Gasteiger partial charge < -0.3 is 11.1 Å². The van der Waals surface area contributed by atoms with E-state index < -0.39 is 0 Å². The van der Waals surface area contributed by atoms with Crippen molar-refractivity contribution in [3.63, 3.8) is 0 Å². The molecule has 1 rings (SSSR count). The Kier molecular flexibility index (Phi) is 4.25. The maximum absolute atomic E-state index is 10.8. The minimum Gasteiger partial charge on any atom is -0.378 e. The smallest absolute Gasteiger partial charge is 0.292 e. The lowest BCUT2D eigenvalue weighted by Gasteiger charge is -2.13. The molecule has 3 N–H and O–H groups in total. The summed E-state index contributed by atoms with van der Waals surface area (Å²) in [5, 5.41) is 13.9. The SMILES string of the molecule is CCC(N)CNc1c(C)cccc1[N+](=O)[O-]. The van der Waals surface area contributed by atoms with Crippen molar-refractivity contribution in [2.24, 2.45) is 5.73 Å². The first-order valence-electron chi connectivity index (χ1n) is 5.29. The van der Waals surface area contributed by atoms with Crippen LogP contribution in [0.2, 0.25) is 0 Å². The number of nitrogens with one attached hydrogen (secondary N) is 1. The van der Waals surface area contributed by atoms with Gasteiger partial charge in [0.25, 0.3) is 5.69 Å². The van der Waals surface area contributed by atoms with E-state index in [0.717, 1.165) is 12.0 Å². The number of nitro benzene ring substituents is 1. The Labute approximate surface area is 94.8 Å². The lowest BCUT2D eigenvalue weighted by Crippen LogP contribution is -2.28. The van der Waals surface area contributed by atoms with Crippen LogP contribution in [-0.4, -0.2) is 17.5 Å². The average molecular weight is 223 g/mol. The third-order valence-corrected chi connectivity index (χ3v) is 2.51. The maximum Gasteiger partial charge on any atom is 0.292 e. The van der Waals surface area contributed by atoms with E-state index in [4.69, 9.17) is 5.73 Å². The summed E-state index contributed by atoms with van der Waals surface area (Å²) in [6.45, 7) is 4.37. The number of benzene rings is 1. The van der Waals surface area contributed by atoms with Gasteiger partial charge in [-0.2, -0.15) is 0 Å². The molecule has 0 spiro atoms. The molecule has 0 amide bonds. The molecule has 16 heavy (non-hydrogen) atoms. The van der Waals surface area contributed by atoms with Crippen LogP contribution in [0.15, 0.2) is 18.2 Å². The first-order valence-corrected chi connectivity index (χ1v) is 5.29. The van der Waals surface area contributed by atoms with Crippen molar-refractivity contribution < 1.29 is 4.92 Å². The molecule has 0 aliphatic heterocycles. The van der Waals surface area contributed by atoms with Crippen LogP contribution >= 0.6 is 0 Å². The number of hydrogen-bond acceptors (Lipinski definition) is 4. The van der Waals surface area contributed by atoms with Gasteiger partial charge >= 0.3 is 0 Å². The van der Waals surface area contributed by atoms with Crippen LogP contribution in [0.3, 0.4) is 0 Å². The van der Waals surface area contributed by atoms with Crippen LogP contribution in [-0.2, 0) is 0 Å². The third kappa shape index (κ3) is 2.93. The van der Waals surface area contributed by atoms with Gasteiger partial charge in [-0.05, 0) is 18.9 Å². The Morgan fingerprint density at radius 2 is 2.25 bits per heavy atom. The summed E-state index contributed by atoms with van der Waals surface area (Å²) in [7, 11) is 0. The molecule has 1 atom stereocenters. The molecule has 1 unspecified atom stereocenters. The van der Waals surface area contributed by atoms with E-state index in [2.05, 4.69) is 5.32 Å². The molecule has 0 radical (unpaired) electrons. The molecule has 5 heteroatoms. The molecule has 1 aromatic carbocycles. The van der Waals surface area contributed by atoms with Gasteiger partial charge in [0.15, 0.2) is 0 Å². The Morgan fingerprint density at radius 3 is 2.81 bits per heavy atom. The molecule has 88 valence electrons. The third-order valence-electron chi connectivity index (χ3n) is 2.51. The summed E-state index contributed by atoms with van der Waals surface area (Å²) in [6.07, 6.45) is 0.840. The number of nitro groups is 1. The molecule has 0 saturated carbocycles. The molecular weight excluding hydrogens is 206 g/mol. The normalized spacial score (nSPS) is 12.2. The second-order valence-electron chi connectivity index (χ2n) is 3.78.